The van der Waals surface area contributed by atoms with Gasteiger partial charge in [0.15, 0.2) is 0 Å². The minimum atomic E-state index is 0.00320. The van der Waals surface area contributed by atoms with Crippen LogP contribution in [0.3, 0.4) is 0 Å². The molecule has 162 valence electrons. The zero-order valence-corrected chi connectivity index (χ0v) is 17.8. The van der Waals surface area contributed by atoms with Crippen LogP contribution < -0.4 is 10.6 Å². The molecule has 2 aromatic heterocycles. The second-order valence-electron chi connectivity index (χ2n) is 9.00. The Morgan fingerprint density at radius 1 is 1.10 bits per heavy atom. The van der Waals surface area contributed by atoms with E-state index in [-0.39, 0.29) is 23.9 Å². The average Bonchev–Trinajstić information content (AvgIpc) is 3.14. The summed E-state index contributed by atoms with van der Waals surface area (Å²) in [5, 5.41) is 7.43. The lowest BCUT2D eigenvalue weighted by Crippen LogP contribution is -2.55. The molecule has 0 bridgehead atoms. The third-order valence-corrected chi connectivity index (χ3v) is 6.62. The van der Waals surface area contributed by atoms with Crippen molar-refractivity contribution in [2.24, 2.45) is 5.92 Å². The summed E-state index contributed by atoms with van der Waals surface area (Å²) in [4.78, 5) is 34.9. The summed E-state index contributed by atoms with van der Waals surface area (Å²) < 4.78 is 0. The molecule has 2 aliphatic rings. The predicted octanol–water partition coefficient (Wildman–Crippen LogP) is 2.38. The van der Waals surface area contributed by atoms with E-state index in [1.165, 1.54) is 12.8 Å². The van der Waals surface area contributed by atoms with Crippen LogP contribution in [-0.2, 0) is 16.0 Å². The van der Waals surface area contributed by atoms with Crippen LogP contribution in [0, 0.1) is 5.92 Å². The van der Waals surface area contributed by atoms with E-state index in [9.17, 15) is 9.59 Å². The van der Waals surface area contributed by atoms with E-state index in [2.05, 4.69) is 32.4 Å². The first kappa shape index (κ1) is 20.8. The van der Waals surface area contributed by atoms with Crippen molar-refractivity contribution < 1.29 is 9.59 Å². The smallest absolute Gasteiger partial charge is 0.234 e. The number of hydrogen-bond donors (Lipinski definition) is 3. The highest BCUT2D eigenvalue weighted by molar-refractivity contribution is 5.88. The number of likely N-dealkylation sites (tertiary alicyclic amines) is 1. The highest BCUT2D eigenvalue weighted by Gasteiger charge is 2.28. The molecule has 0 radical (unpaired) electrons. The fourth-order valence-corrected chi connectivity index (χ4v) is 4.76. The quantitative estimate of drug-likeness (QED) is 0.681. The second-order valence-corrected chi connectivity index (χ2v) is 9.00. The minimum absolute atomic E-state index is 0.00320. The van der Waals surface area contributed by atoms with E-state index in [1.54, 1.807) is 12.4 Å². The molecule has 1 aliphatic heterocycles. The molecule has 0 unspecified atom stereocenters. The zero-order chi connectivity index (χ0) is 20.9. The highest BCUT2D eigenvalue weighted by atomic mass is 16.2. The van der Waals surface area contributed by atoms with E-state index in [1.807, 2.05) is 12.3 Å². The SMILES string of the molecule is CC1CCN(CC(=O)N[C@@H]2CCCC[C@H]2NC(=O)Cc2c[nH]c3cnccc23)CC1. The molecular weight excluding hydrogens is 378 g/mol. The first-order chi connectivity index (χ1) is 14.6. The number of pyridine rings is 1. The maximum Gasteiger partial charge on any atom is 0.234 e. The van der Waals surface area contributed by atoms with Crippen molar-refractivity contribution in [2.45, 2.75) is 64.0 Å². The molecule has 0 spiro atoms. The summed E-state index contributed by atoms with van der Waals surface area (Å²) in [6.07, 6.45) is 12.1. The number of aromatic amines is 1. The lowest BCUT2D eigenvalue weighted by molar-refractivity contribution is -0.125. The summed E-state index contributed by atoms with van der Waals surface area (Å²) >= 11 is 0. The molecule has 2 atom stereocenters. The van der Waals surface area contributed by atoms with E-state index >= 15 is 0 Å². The van der Waals surface area contributed by atoms with Crippen molar-refractivity contribution >= 4 is 22.7 Å². The maximum atomic E-state index is 12.7. The number of amides is 2. The fraction of sp³-hybridized carbons (Fsp3) is 0.609. The Labute approximate surface area is 178 Å². The van der Waals surface area contributed by atoms with Gasteiger partial charge in [0.05, 0.1) is 24.7 Å². The molecule has 2 aromatic rings. The number of hydrogen-bond acceptors (Lipinski definition) is 4. The number of aromatic nitrogens is 2. The Hall–Kier alpha value is -2.41. The average molecular weight is 412 g/mol. The van der Waals surface area contributed by atoms with Gasteiger partial charge in [-0.15, -0.1) is 0 Å². The molecule has 3 N–H and O–H groups in total. The van der Waals surface area contributed by atoms with Crippen LogP contribution in [0.5, 0.6) is 0 Å². The van der Waals surface area contributed by atoms with Gasteiger partial charge < -0.3 is 15.6 Å². The lowest BCUT2D eigenvalue weighted by atomic mass is 9.90. The van der Waals surface area contributed by atoms with Crippen LogP contribution >= 0.6 is 0 Å². The van der Waals surface area contributed by atoms with Gasteiger partial charge in [0.25, 0.3) is 0 Å². The molecule has 0 aromatic carbocycles. The van der Waals surface area contributed by atoms with E-state index < -0.39 is 0 Å². The summed E-state index contributed by atoms with van der Waals surface area (Å²) in [5.41, 5.74) is 1.91. The van der Waals surface area contributed by atoms with Crippen LogP contribution in [0.2, 0.25) is 0 Å². The number of nitrogens with zero attached hydrogens (tertiary/aromatic N) is 2. The monoisotopic (exact) mass is 411 g/mol. The third-order valence-electron chi connectivity index (χ3n) is 6.62. The van der Waals surface area contributed by atoms with Crippen LogP contribution in [0.15, 0.2) is 24.7 Å². The molecule has 7 nitrogen and oxygen atoms in total. The van der Waals surface area contributed by atoms with Gasteiger partial charge in [-0.25, -0.2) is 0 Å². The second kappa shape index (κ2) is 9.60. The fourth-order valence-electron chi connectivity index (χ4n) is 4.76. The number of H-pyrrole nitrogens is 1. The largest absolute Gasteiger partial charge is 0.360 e. The van der Waals surface area contributed by atoms with Gasteiger partial charge in [0.1, 0.15) is 0 Å². The molecule has 3 heterocycles. The number of fused-ring (bicyclic) bond motifs is 1. The van der Waals surface area contributed by atoms with Crippen molar-refractivity contribution in [3.05, 3.63) is 30.2 Å². The number of piperidine rings is 1. The minimum Gasteiger partial charge on any atom is -0.360 e. The van der Waals surface area contributed by atoms with Crippen molar-refractivity contribution in [3.8, 4) is 0 Å². The van der Waals surface area contributed by atoms with Gasteiger partial charge >= 0.3 is 0 Å². The Kier molecular flexibility index (Phi) is 6.67. The van der Waals surface area contributed by atoms with Crippen molar-refractivity contribution in [3.63, 3.8) is 0 Å². The molecule has 2 fully saturated rings. The Morgan fingerprint density at radius 3 is 2.53 bits per heavy atom. The highest BCUT2D eigenvalue weighted by Crippen LogP contribution is 2.21. The predicted molar refractivity (Wildman–Crippen MR) is 117 cm³/mol. The molecule has 1 saturated carbocycles. The molecule has 2 amide bonds. The summed E-state index contributed by atoms with van der Waals surface area (Å²) in [5.74, 6) is 0.847. The number of carbonyl (C=O) groups excluding carboxylic acids is 2. The van der Waals surface area contributed by atoms with Gasteiger partial charge in [0.2, 0.25) is 11.8 Å². The Morgan fingerprint density at radius 2 is 1.80 bits per heavy atom. The summed E-state index contributed by atoms with van der Waals surface area (Å²) in [7, 11) is 0. The van der Waals surface area contributed by atoms with Crippen LogP contribution in [0.4, 0.5) is 0 Å². The van der Waals surface area contributed by atoms with Gasteiger partial charge in [0, 0.05) is 29.9 Å². The van der Waals surface area contributed by atoms with E-state index in [0.717, 1.165) is 61.2 Å². The molecule has 7 heteroatoms. The standard InChI is InChI=1S/C23H33N5O2/c1-16-7-10-28(11-8-16)15-23(30)27-20-5-3-2-4-19(20)26-22(29)12-17-13-25-21-14-24-9-6-18(17)21/h6,9,13-14,16,19-20,25H,2-5,7-8,10-12,15H2,1H3,(H,26,29)(H,27,30)/t19-,20-/m1/s1. The molecular formula is C23H33N5O2. The van der Waals surface area contributed by atoms with Gasteiger partial charge in [-0.3, -0.25) is 19.5 Å². The van der Waals surface area contributed by atoms with Crippen LogP contribution in [-0.4, -0.2) is 58.4 Å². The molecule has 30 heavy (non-hydrogen) atoms. The number of rotatable bonds is 6. The van der Waals surface area contributed by atoms with Crippen LogP contribution in [0.25, 0.3) is 10.9 Å². The van der Waals surface area contributed by atoms with Crippen molar-refractivity contribution in [2.75, 3.05) is 19.6 Å². The van der Waals surface area contributed by atoms with E-state index in [4.69, 9.17) is 0 Å². The summed E-state index contributed by atoms with van der Waals surface area (Å²) in [6.45, 7) is 4.74. The van der Waals surface area contributed by atoms with Gasteiger partial charge in [-0.2, -0.15) is 0 Å². The van der Waals surface area contributed by atoms with E-state index in [0.29, 0.717) is 13.0 Å². The lowest BCUT2D eigenvalue weighted by Gasteiger charge is -2.34. The van der Waals surface area contributed by atoms with Crippen molar-refractivity contribution in [1.29, 1.82) is 0 Å². The molecule has 1 aliphatic carbocycles. The molecule has 4 rings (SSSR count). The number of nitrogens with one attached hydrogen (secondary N) is 3. The number of carbonyl (C=O) groups is 2. The first-order valence-electron chi connectivity index (χ1n) is 11.3. The maximum absolute atomic E-state index is 12.7. The Balaban J connectivity index is 1.30. The van der Waals surface area contributed by atoms with Gasteiger partial charge in [-0.1, -0.05) is 19.8 Å². The first-order valence-corrected chi connectivity index (χ1v) is 11.3. The summed E-state index contributed by atoms with van der Waals surface area (Å²) in [6, 6.07) is 1.95. The van der Waals surface area contributed by atoms with Gasteiger partial charge in [-0.05, 0) is 56.3 Å². The topological polar surface area (TPSA) is 90.1 Å². The normalized spacial score (nSPS) is 23.4. The molecule has 1 saturated heterocycles. The third kappa shape index (κ3) is 5.19. The van der Waals surface area contributed by atoms with Crippen molar-refractivity contribution in [1.82, 2.24) is 25.5 Å². The zero-order valence-electron chi connectivity index (χ0n) is 17.8. The Bertz CT molecular complexity index is 871. The van der Waals surface area contributed by atoms with Crippen LogP contribution in [0.1, 0.15) is 51.0 Å².